The Morgan fingerprint density at radius 3 is 2.41 bits per heavy atom. The van der Waals surface area contributed by atoms with Crippen molar-refractivity contribution in [3.05, 3.63) is 101 Å². The Kier molecular flexibility index (Phi) is 11.1. The molecule has 2 atom stereocenters. The number of aliphatic carboxylic acids is 1. The number of aryl methyl sites for hydroxylation is 1. The minimum absolute atomic E-state index is 0.238. The number of hydrogen-bond donors (Lipinski definition) is 2. The van der Waals surface area contributed by atoms with Gasteiger partial charge in [-0.3, -0.25) is 4.79 Å². The Hall–Kier alpha value is -4.28. The highest BCUT2D eigenvalue weighted by Crippen LogP contribution is 2.32. The highest BCUT2D eigenvalue weighted by atomic mass is 32.2. The molecule has 1 heterocycles. The molecule has 0 aliphatic rings. The lowest BCUT2D eigenvalue weighted by Gasteiger charge is -2.19. The summed E-state index contributed by atoms with van der Waals surface area (Å²) in [7, 11) is -3.41. The van der Waals surface area contributed by atoms with Crippen LogP contribution in [-0.4, -0.2) is 48.4 Å². The van der Waals surface area contributed by atoms with Gasteiger partial charge in [0.05, 0.1) is 18.6 Å². The summed E-state index contributed by atoms with van der Waals surface area (Å²) < 4.78 is 35.7. The van der Waals surface area contributed by atoms with Gasteiger partial charge in [-0.2, -0.15) is 0 Å². The molecule has 0 saturated carbocycles. The zero-order valence-corrected chi connectivity index (χ0v) is 26.0. The Morgan fingerprint density at radius 1 is 1.00 bits per heavy atom. The molecule has 0 aliphatic heterocycles. The first kappa shape index (κ1) is 32.6. The van der Waals surface area contributed by atoms with Crippen LogP contribution < -0.4 is 5.32 Å². The summed E-state index contributed by atoms with van der Waals surface area (Å²) in [6.07, 6.45) is 4.84. The standard InChI is InChI=1S/C34H38N2O7S/c1-4-5-15-30(31-21-35-33(43-31)25-12-7-6-8-13-25)42-22-24-16-17-27(28(20-24)26-14-10-9-11-23(26)2)32(37)36-29(34(38)39)18-19-44(3,40)41/h6-14,16-17,20-21,29-30H,4-5,15,18-19,22H2,1-3H3,(H,36,37)(H,38,39)/t29-,30-/m0/s1. The number of nitrogens with one attached hydrogen (secondary N) is 1. The number of nitrogens with zero attached hydrogens (tertiary/aromatic N) is 1. The topological polar surface area (TPSA) is 136 Å². The highest BCUT2D eigenvalue weighted by Gasteiger charge is 2.25. The van der Waals surface area contributed by atoms with E-state index in [0.29, 0.717) is 17.2 Å². The van der Waals surface area contributed by atoms with Crippen LogP contribution in [0.5, 0.6) is 0 Å². The van der Waals surface area contributed by atoms with Gasteiger partial charge in [0.1, 0.15) is 22.0 Å². The number of carbonyl (C=O) groups excluding carboxylic acids is 1. The van der Waals surface area contributed by atoms with Gasteiger partial charge in [-0.25, -0.2) is 18.2 Å². The molecule has 2 N–H and O–H groups in total. The number of benzene rings is 3. The molecule has 1 amide bonds. The van der Waals surface area contributed by atoms with Crippen LogP contribution in [0.3, 0.4) is 0 Å². The number of hydrogen-bond acceptors (Lipinski definition) is 7. The van der Waals surface area contributed by atoms with Crippen LogP contribution in [0.1, 0.15) is 66.0 Å². The van der Waals surface area contributed by atoms with Crippen LogP contribution in [0.15, 0.2) is 83.4 Å². The maximum Gasteiger partial charge on any atom is 0.326 e. The van der Waals surface area contributed by atoms with Crippen molar-refractivity contribution >= 4 is 21.7 Å². The van der Waals surface area contributed by atoms with Crippen molar-refractivity contribution < 1.29 is 32.3 Å². The predicted octanol–water partition coefficient (Wildman–Crippen LogP) is 6.38. The minimum Gasteiger partial charge on any atom is -0.480 e. The fraction of sp³-hybridized carbons (Fsp3) is 0.324. The number of amides is 1. The van der Waals surface area contributed by atoms with E-state index in [-0.39, 0.29) is 30.4 Å². The Bertz CT molecular complexity index is 1680. The summed E-state index contributed by atoms with van der Waals surface area (Å²) in [4.78, 5) is 29.7. The zero-order chi connectivity index (χ0) is 31.7. The second-order valence-electron chi connectivity index (χ2n) is 10.9. The number of ether oxygens (including phenoxy) is 1. The first-order valence-corrected chi connectivity index (χ1v) is 16.6. The molecule has 0 bridgehead atoms. The van der Waals surface area contributed by atoms with Crippen LogP contribution in [0.2, 0.25) is 0 Å². The summed E-state index contributed by atoms with van der Waals surface area (Å²) in [6, 6.07) is 21.2. The summed E-state index contributed by atoms with van der Waals surface area (Å²) >= 11 is 0. The molecule has 0 saturated heterocycles. The Balaban J connectivity index is 1.59. The van der Waals surface area contributed by atoms with E-state index in [1.165, 1.54) is 0 Å². The lowest BCUT2D eigenvalue weighted by molar-refractivity contribution is -0.139. The number of unbranched alkanes of at least 4 members (excludes halogenated alkanes) is 1. The van der Waals surface area contributed by atoms with Crippen molar-refractivity contribution in [2.24, 2.45) is 0 Å². The molecule has 4 rings (SSSR count). The number of rotatable bonds is 15. The zero-order valence-electron chi connectivity index (χ0n) is 25.2. The fourth-order valence-corrected chi connectivity index (χ4v) is 5.51. The molecule has 0 unspecified atom stereocenters. The van der Waals surface area contributed by atoms with E-state index >= 15 is 0 Å². The van der Waals surface area contributed by atoms with E-state index in [1.54, 1.807) is 18.3 Å². The summed E-state index contributed by atoms with van der Waals surface area (Å²) in [5.41, 5.74) is 4.33. The molecule has 232 valence electrons. The van der Waals surface area contributed by atoms with Gasteiger partial charge in [-0.15, -0.1) is 0 Å². The molecule has 10 heteroatoms. The largest absolute Gasteiger partial charge is 0.480 e. The van der Waals surface area contributed by atoms with E-state index in [1.807, 2.05) is 67.6 Å². The lowest BCUT2D eigenvalue weighted by Crippen LogP contribution is -2.42. The van der Waals surface area contributed by atoms with E-state index in [0.717, 1.165) is 47.8 Å². The molecule has 9 nitrogen and oxygen atoms in total. The van der Waals surface area contributed by atoms with Crippen molar-refractivity contribution in [3.63, 3.8) is 0 Å². The van der Waals surface area contributed by atoms with Gasteiger partial charge in [-0.05, 0) is 66.3 Å². The first-order valence-electron chi connectivity index (χ1n) is 14.6. The van der Waals surface area contributed by atoms with Gasteiger partial charge < -0.3 is 19.6 Å². The van der Waals surface area contributed by atoms with E-state index in [4.69, 9.17) is 9.15 Å². The van der Waals surface area contributed by atoms with Crippen molar-refractivity contribution in [1.29, 1.82) is 0 Å². The summed E-state index contributed by atoms with van der Waals surface area (Å²) in [5, 5.41) is 12.2. The molecular formula is C34H38N2O7S. The van der Waals surface area contributed by atoms with E-state index < -0.39 is 27.8 Å². The summed E-state index contributed by atoms with van der Waals surface area (Å²) in [6.45, 7) is 4.28. The van der Waals surface area contributed by atoms with Crippen molar-refractivity contribution in [3.8, 4) is 22.6 Å². The van der Waals surface area contributed by atoms with Crippen LogP contribution in [0.4, 0.5) is 0 Å². The number of carboxylic acids is 1. The molecule has 44 heavy (non-hydrogen) atoms. The van der Waals surface area contributed by atoms with Crippen LogP contribution in [0.25, 0.3) is 22.6 Å². The van der Waals surface area contributed by atoms with Gasteiger partial charge in [-0.1, -0.05) is 68.3 Å². The number of aromatic nitrogens is 1. The van der Waals surface area contributed by atoms with Crippen molar-refractivity contribution in [2.75, 3.05) is 12.0 Å². The second kappa shape index (κ2) is 14.9. The average Bonchev–Trinajstić information content (AvgIpc) is 3.49. The normalized spacial score (nSPS) is 12.9. The lowest BCUT2D eigenvalue weighted by atomic mass is 9.93. The maximum absolute atomic E-state index is 13.4. The smallest absolute Gasteiger partial charge is 0.326 e. The second-order valence-corrected chi connectivity index (χ2v) is 13.1. The molecule has 4 aromatic rings. The minimum atomic E-state index is -3.41. The number of carbonyl (C=O) groups is 2. The van der Waals surface area contributed by atoms with E-state index in [2.05, 4.69) is 17.2 Å². The Labute approximate surface area is 258 Å². The Morgan fingerprint density at radius 2 is 1.73 bits per heavy atom. The van der Waals surface area contributed by atoms with Gasteiger partial charge >= 0.3 is 5.97 Å². The average molecular weight is 619 g/mol. The monoisotopic (exact) mass is 618 g/mol. The maximum atomic E-state index is 13.4. The van der Waals surface area contributed by atoms with Crippen molar-refractivity contribution in [2.45, 2.75) is 58.3 Å². The van der Waals surface area contributed by atoms with Gasteiger partial charge in [0.25, 0.3) is 5.91 Å². The predicted molar refractivity (Wildman–Crippen MR) is 169 cm³/mol. The van der Waals surface area contributed by atoms with Gasteiger partial charge in [0.15, 0.2) is 5.76 Å². The molecule has 0 aliphatic carbocycles. The highest BCUT2D eigenvalue weighted by molar-refractivity contribution is 7.90. The third-order valence-electron chi connectivity index (χ3n) is 7.28. The first-order chi connectivity index (χ1) is 21.1. The number of oxazole rings is 1. The third kappa shape index (κ3) is 8.87. The molecular weight excluding hydrogens is 580 g/mol. The number of sulfone groups is 1. The SMILES string of the molecule is CCCC[C@H](OCc1ccc(C(=O)N[C@@H](CCS(C)(=O)=O)C(=O)O)c(-c2ccccc2C)c1)c1cnc(-c2ccccc2)o1. The molecule has 0 fully saturated rings. The van der Waals surface area contributed by atoms with Crippen LogP contribution >= 0.6 is 0 Å². The molecule has 0 radical (unpaired) electrons. The molecule has 0 spiro atoms. The molecule has 1 aromatic heterocycles. The van der Waals surface area contributed by atoms with Crippen LogP contribution in [0, 0.1) is 6.92 Å². The van der Waals surface area contributed by atoms with Gasteiger partial charge in [0.2, 0.25) is 5.89 Å². The van der Waals surface area contributed by atoms with Crippen LogP contribution in [-0.2, 0) is 26.0 Å². The third-order valence-corrected chi connectivity index (χ3v) is 8.25. The quantitative estimate of drug-likeness (QED) is 0.157. The number of carboxylic acid groups (broad SMARTS) is 1. The van der Waals surface area contributed by atoms with Crippen molar-refractivity contribution in [1.82, 2.24) is 10.3 Å². The molecule has 3 aromatic carbocycles. The van der Waals surface area contributed by atoms with E-state index in [9.17, 15) is 23.1 Å². The summed E-state index contributed by atoms with van der Waals surface area (Å²) in [5.74, 6) is -1.10. The van der Waals surface area contributed by atoms with Gasteiger partial charge in [0, 0.05) is 17.4 Å². The fourth-order valence-electron chi connectivity index (χ4n) is 4.85.